The van der Waals surface area contributed by atoms with Crippen LogP contribution >= 0.6 is 11.6 Å². The molecule has 16 heavy (non-hydrogen) atoms. The number of halogens is 3. The van der Waals surface area contributed by atoms with Crippen LogP contribution in [0.4, 0.5) is 14.6 Å². The summed E-state index contributed by atoms with van der Waals surface area (Å²) in [5.74, 6) is -1.24. The Morgan fingerprint density at radius 1 is 1.38 bits per heavy atom. The number of aromatic nitrogens is 2. The lowest BCUT2D eigenvalue weighted by Gasteiger charge is -2.02. The van der Waals surface area contributed by atoms with Crippen molar-refractivity contribution in [3.8, 4) is 11.3 Å². The Morgan fingerprint density at radius 3 is 2.62 bits per heavy atom. The van der Waals surface area contributed by atoms with Gasteiger partial charge in [-0.05, 0) is 12.1 Å². The van der Waals surface area contributed by atoms with Gasteiger partial charge in [0.25, 0.3) is 0 Å². The number of aryl methyl sites for hydroxylation is 1. The minimum atomic E-state index is -0.834. The molecule has 0 radical (unpaired) electrons. The molecule has 0 amide bonds. The zero-order valence-electron chi connectivity index (χ0n) is 8.34. The largest absolute Gasteiger partial charge is 0.384 e. The van der Waals surface area contributed by atoms with Gasteiger partial charge < -0.3 is 5.73 Å². The number of nitrogens with two attached hydrogens (primary N) is 1. The molecule has 0 atom stereocenters. The van der Waals surface area contributed by atoms with E-state index >= 15 is 0 Å². The Hall–Kier alpha value is -1.62. The molecule has 0 aliphatic carbocycles. The van der Waals surface area contributed by atoms with E-state index in [2.05, 4.69) is 5.10 Å². The standard InChI is InChI=1S/C10H8ClF2N3/c1-16-8(14)4-7(15-16)9-6(12)3-2-5(11)10(9)13/h2-4H,14H2,1H3. The third-order valence-electron chi connectivity index (χ3n) is 2.22. The third-order valence-corrected chi connectivity index (χ3v) is 2.51. The van der Waals surface area contributed by atoms with Crippen molar-refractivity contribution < 1.29 is 8.78 Å². The number of nitrogens with zero attached hydrogens (tertiary/aromatic N) is 2. The van der Waals surface area contributed by atoms with Crippen LogP contribution in [-0.4, -0.2) is 9.78 Å². The lowest BCUT2D eigenvalue weighted by atomic mass is 10.1. The summed E-state index contributed by atoms with van der Waals surface area (Å²) in [5, 5.41) is 3.74. The summed E-state index contributed by atoms with van der Waals surface area (Å²) in [5.41, 5.74) is 5.40. The van der Waals surface area contributed by atoms with Crippen molar-refractivity contribution >= 4 is 17.4 Å². The molecule has 84 valence electrons. The molecule has 0 unspecified atom stereocenters. The first-order valence-electron chi connectivity index (χ1n) is 4.44. The highest BCUT2D eigenvalue weighted by Gasteiger charge is 2.17. The van der Waals surface area contributed by atoms with Gasteiger partial charge in [0.15, 0.2) is 5.82 Å². The summed E-state index contributed by atoms with van der Waals surface area (Å²) in [6.45, 7) is 0. The first-order valence-corrected chi connectivity index (χ1v) is 4.82. The highest BCUT2D eigenvalue weighted by molar-refractivity contribution is 6.31. The number of benzene rings is 1. The monoisotopic (exact) mass is 243 g/mol. The number of rotatable bonds is 1. The normalized spacial score (nSPS) is 10.8. The van der Waals surface area contributed by atoms with E-state index < -0.39 is 11.6 Å². The molecular formula is C10H8ClF2N3. The number of anilines is 1. The van der Waals surface area contributed by atoms with Gasteiger partial charge in [-0.25, -0.2) is 8.78 Å². The van der Waals surface area contributed by atoms with Gasteiger partial charge in [-0.15, -0.1) is 0 Å². The minimum Gasteiger partial charge on any atom is -0.384 e. The zero-order valence-corrected chi connectivity index (χ0v) is 9.09. The van der Waals surface area contributed by atoms with E-state index in [4.69, 9.17) is 17.3 Å². The summed E-state index contributed by atoms with van der Waals surface area (Å²) in [7, 11) is 1.58. The molecule has 0 bridgehead atoms. The second-order valence-corrected chi connectivity index (χ2v) is 3.70. The lowest BCUT2D eigenvalue weighted by Crippen LogP contribution is -1.97. The summed E-state index contributed by atoms with van der Waals surface area (Å²) >= 11 is 5.57. The second-order valence-electron chi connectivity index (χ2n) is 3.30. The number of hydrogen-bond donors (Lipinski definition) is 1. The molecule has 0 fully saturated rings. The van der Waals surface area contributed by atoms with Crippen LogP contribution in [0.1, 0.15) is 0 Å². The number of hydrogen-bond acceptors (Lipinski definition) is 2. The maximum atomic E-state index is 13.6. The zero-order chi connectivity index (χ0) is 11.9. The van der Waals surface area contributed by atoms with Gasteiger partial charge in [0.1, 0.15) is 17.3 Å². The molecule has 0 aliphatic rings. The molecule has 3 nitrogen and oxygen atoms in total. The Kier molecular flexibility index (Phi) is 2.55. The second kappa shape index (κ2) is 3.75. The fourth-order valence-corrected chi connectivity index (χ4v) is 1.52. The Bertz CT molecular complexity index is 532. The quantitative estimate of drug-likeness (QED) is 0.783. The van der Waals surface area contributed by atoms with Gasteiger partial charge in [0, 0.05) is 13.1 Å². The molecule has 2 aromatic rings. The van der Waals surface area contributed by atoms with Crippen molar-refractivity contribution in [2.45, 2.75) is 0 Å². The van der Waals surface area contributed by atoms with Gasteiger partial charge in [-0.2, -0.15) is 5.10 Å². The van der Waals surface area contributed by atoms with Gasteiger partial charge in [0.05, 0.1) is 10.6 Å². The van der Waals surface area contributed by atoms with E-state index in [1.54, 1.807) is 7.05 Å². The van der Waals surface area contributed by atoms with Crippen LogP contribution in [0.3, 0.4) is 0 Å². The van der Waals surface area contributed by atoms with Crippen LogP contribution in [0, 0.1) is 11.6 Å². The van der Waals surface area contributed by atoms with Gasteiger partial charge >= 0.3 is 0 Å². The van der Waals surface area contributed by atoms with Crippen LogP contribution < -0.4 is 5.73 Å². The smallest absolute Gasteiger partial charge is 0.154 e. The molecule has 1 aromatic heterocycles. The van der Waals surface area contributed by atoms with Crippen molar-refractivity contribution in [1.29, 1.82) is 0 Å². The van der Waals surface area contributed by atoms with E-state index in [1.165, 1.54) is 10.7 Å². The molecule has 0 saturated heterocycles. The molecule has 2 rings (SSSR count). The fraction of sp³-hybridized carbons (Fsp3) is 0.100. The van der Waals surface area contributed by atoms with Crippen LogP contribution in [0.25, 0.3) is 11.3 Å². The highest BCUT2D eigenvalue weighted by atomic mass is 35.5. The molecule has 1 aromatic carbocycles. The summed E-state index contributed by atoms with van der Waals surface area (Å²) in [6, 6.07) is 3.63. The fourth-order valence-electron chi connectivity index (χ4n) is 1.37. The predicted octanol–water partition coefficient (Wildman–Crippen LogP) is 2.60. The van der Waals surface area contributed by atoms with Crippen molar-refractivity contribution in [2.75, 3.05) is 5.73 Å². The van der Waals surface area contributed by atoms with Crippen molar-refractivity contribution in [2.24, 2.45) is 7.05 Å². The SMILES string of the molecule is Cn1nc(-c2c(F)ccc(Cl)c2F)cc1N. The molecule has 0 spiro atoms. The van der Waals surface area contributed by atoms with Gasteiger partial charge in [0.2, 0.25) is 0 Å². The summed E-state index contributed by atoms with van der Waals surface area (Å²) in [6.07, 6.45) is 0. The average Bonchev–Trinajstić information content (AvgIpc) is 2.54. The van der Waals surface area contributed by atoms with Crippen molar-refractivity contribution in [3.05, 3.63) is 34.9 Å². The molecule has 6 heteroatoms. The van der Waals surface area contributed by atoms with Crippen molar-refractivity contribution in [1.82, 2.24) is 9.78 Å². The van der Waals surface area contributed by atoms with E-state index in [9.17, 15) is 8.78 Å². The first kappa shape index (κ1) is 10.9. The molecular weight excluding hydrogens is 236 g/mol. The van der Waals surface area contributed by atoms with E-state index in [-0.39, 0.29) is 16.3 Å². The average molecular weight is 244 g/mol. The maximum absolute atomic E-state index is 13.6. The predicted molar refractivity (Wildman–Crippen MR) is 58.0 cm³/mol. The Morgan fingerprint density at radius 2 is 2.06 bits per heavy atom. The van der Waals surface area contributed by atoms with Gasteiger partial charge in [-0.3, -0.25) is 4.68 Å². The van der Waals surface area contributed by atoms with Crippen LogP contribution in [-0.2, 0) is 7.05 Å². The Balaban J connectivity index is 2.68. The van der Waals surface area contributed by atoms with Crippen molar-refractivity contribution in [3.63, 3.8) is 0 Å². The van der Waals surface area contributed by atoms with E-state index in [0.717, 1.165) is 12.1 Å². The molecule has 1 heterocycles. The van der Waals surface area contributed by atoms with E-state index in [0.29, 0.717) is 5.82 Å². The first-order chi connectivity index (χ1) is 7.50. The highest BCUT2D eigenvalue weighted by Crippen LogP contribution is 2.30. The van der Waals surface area contributed by atoms with E-state index in [1.807, 2.05) is 0 Å². The topological polar surface area (TPSA) is 43.8 Å². The molecule has 0 saturated carbocycles. The van der Waals surface area contributed by atoms with Crippen LogP contribution in [0.2, 0.25) is 5.02 Å². The summed E-state index contributed by atoms with van der Waals surface area (Å²) < 4.78 is 28.4. The van der Waals surface area contributed by atoms with Gasteiger partial charge in [-0.1, -0.05) is 11.6 Å². The molecule has 0 aliphatic heterocycles. The molecule has 2 N–H and O–H groups in total. The Labute approximate surface area is 95.4 Å². The minimum absolute atomic E-state index is 0.123. The van der Waals surface area contributed by atoms with Crippen LogP contribution in [0.5, 0.6) is 0 Å². The lowest BCUT2D eigenvalue weighted by molar-refractivity contribution is 0.588. The number of nitrogen functional groups attached to an aromatic ring is 1. The maximum Gasteiger partial charge on any atom is 0.154 e. The third kappa shape index (κ3) is 1.63. The van der Waals surface area contributed by atoms with Crippen LogP contribution in [0.15, 0.2) is 18.2 Å². The summed E-state index contributed by atoms with van der Waals surface area (Å²) in [4.78, 5) is 0.